The van der Waals surface area contributed by atoms with Gasteiger partial charge in [-0.3, -0.25) is 9.69 Å². The first-order valence-electron chi connectivity index (χ1n) is 6.46. The Balaban J connectivity index is 1.62. The van der Waals surface area contributed by atoms with E-state index in [-0.39, 0.29) is 5.91 Å². The van der Waals surface area contributed by atoms with Crippen LogP contribution < -0.4 is 5.32 Å². The quantitative estimate of drug-likeness (QED) is 0.910. The van der Waals surface area contributed by atoms with Crippen molar-refractivity contribution >= 4 is 21.8 Å². The van der Waals surface area contributed by atoms with Gasteiger partial charge >= 0.3 is 0 Å². The van der Waals surface area contributed by atoms with Crippen LogP contribution in [0.3, 0.4) is 0 Å². The first kappa shape index (κ1) is 12.2. The van der Waals surface area contributed by atoms with Crippen LogP contribution in [0.1, 0.15) is 25.0 Å². The van der Waals surface area contributed by atoms with Crippen LogP contribution >= 0.6 is 15.9 Å². The Morgan fingerprint density at radius 3 is 3.11 bits per heavy atom. The number of nitrogens with one attached hydrogen (secondary N) is 1. The molecule has 2 aliphatic heterocycles. The largest absolute Gasteiger partial charge is 0.453 e. The van der Waals surface area contributed by atoms with Gasteiger partial charge in [-0.25, -0.2) is 0 Å². The van der Waals surface area contributed by atoms with Gasteiger partial charge in [0.05, 0.1) is 6.54 Å². The summed E-state index contributed by atoms with van der Waals surface area (Å²) in [5.74, 6) is 1.80. The molecule has 0 unspecified atom stereocenters. The maximum atomic E-state index is 11.5. The topological polar surface area (TPSA) is 45.5 Å². The minimum absolute atomic E-state index is 0.213. The molecule has 98 valence electrons. The molecule has 2 saturated heterocycles. The monoisotopic (exact) mass is 312 g/mol. The molecule has 0 radical (unpaired) electrons. The molecule has 0 bridgehead atoms. The average Bonchev–Trinajstić information content (AvgIpc) is 2.83. The van der Waals surface area contributed by atoms with E-state index >= 15 is 0 Å². The van der Waals surface area contributed by atoms with E-state index < -0.39 is 0 Å². The van der Waals surface area contributed by atoms with E-state index in [1.165, 1.54) is 0 Å². The molecule has 3 heterocycles. The van der Waals surface area contributed by atoms with Crippen molar-refractivity contribution in [3.8, 4) is 0 Å². The SMILES string of the molecule is O=C1CCC[C@@H]2CN(Cc3ccc(Br)o3)C[C@@H]2N1. The Labute approximate surface area is 115 Å². The third kappa shape index (κ3) is 2.62. The van der Waals surface area contributed by atoms with E-state index in [0.717, 1.165) is 42.9 Å². The zero-order valence-corrected chi connectivity index (χ0v) is 11.8. The number of furan rings is 1. The lowest BCUT2D eigenvalue weighted by Gasteiger charge is -2.15. The van der Waals surface area contributed by atoms with Crippen molar-refractivity contribution in [2.75, 3.05) is 13.1 Å². The highest BCUT2D eigenvalue weighted by Gasteiger charge is 2.35. The average molecular weight is 313 g/mol. The van der Waals surface area contributed by atoms with Crippen molar-refractivity contribution in [2.24, 2.45) is 5.92 Å². The third-order valence-corrected chi connectivity index (χ3v) is 4.28. The Bertz CT molecular complexity index is 446. The molecule has 0 aromatic carbocycles. The lowest BCUT2D eigenvalue weighted by molar-refractivity contribution is -0.121. The van der Waals surface area contributed by atoms with Crippen LogP contribution in [0.25, 0.3) is 0 Å². The molecule has 0 spiro atoms. The molecule has 0 saturated carbocycles. The molecule has 0 aliphatic carbocycles. The van der Waals surface area contributed by atoms with Crippen molar-refractivity contribution in [2.45, 2.75) is 31.8 Å². The molecule has 18 heavy (non-hydrogen) atoms. The standard InChI is InChI=1S/C13H17BrN2O2/c14-12-5-4-10(18-12)7-16-6-9-2-1-3-13(17)15-11(9)8-16/h4-5,9,11H,1-3,6-8H2,(H,15,17)/t9-,11+/m1/s1. The molecule has 2 aliphatic rings. The van der Waals surface area contributed by atoms with Crippen LogP contribution in [-0.2, 0) is 11.3 Å². The summed E-state index contributed by atoms with van der Waals surface area (Å²) in [4.78, 5) is 13.9. The summed E-state index contributed by atoms with van der Waals surface area (Å²) in [6.07, 6.45) is 2.87. The molecule has 1 aromatic rings. The molecule has 1 aromatic heterocycles. The van der Waals surface area contributed by atoms with Crippen molar-refractivity contribution in [3.63, 3.8) is 0 Å². The fourth-order valence-corrected chi connectivity index (χ4v) is 3.35. The van der Waals surface area contributed by atoms with E-state index in [2.05, 4.69) is 26.1 Å². The van der Waals surface area contributed by atoms with Crippen molar-refractivity contribution in [1.29, 1.82) is 0 Å². The molecule has 2 fully saturated rings. The zero-order valence-electron chi connectivity index (χ0n) is 10.2. The van der Waals surface area contributed by atoms with Gasteiger partial charge in [-0.1, -0.05) is 0 Å². The smallest absolute Gasteiger partial charge is 0.220 e. The van der Waals surface area contributed by atoms with Gasteiger partial charge in [-0.2, -0.15) is 0 Å². The summed E-state index contributed by atoms with van der Waals surface area (Å²) in [5.41, 5.74) is 0. The second-order valence-electron chi connectivity index (χ2n) is 5.23. The van der Waals surface area contributed by atoms with E-state index in [1.807, 2.05) is 12.1 Å². The van der Waals surface area contributed by atoms with Gasteiger partial charge in [0.25, 0.3) is 0 Å². The Hall–Kier alpha value is -0.810. The van der Waals surface area contributed by atoms with Crippen LogP contribution in [0.4, 0.5) is 0 Å². The first-order chi connectivity index (χ1) is 8.70. The summed E-state index contributed by atoms with van der Waals surface area (Å²) in [6.45, 7) is 2.83. The maximum Gasteiger partial charge on any atom is 0.220 e. The molecule has 3 rings (SSSR count). The molecule has 5 heteroatoms. The van der Waals surface area contributed by atoms with Crippen LogP contribution in [-0.4, -0.2) is 29.9 Å². The van der Waals surface area contributed by atoms with Gasteiger partial charge in [-0.15, -0.1) is 0 Å². The molecular formula is C13H17BrN2O2. The number of fused-ring (bicyclic) bond motifs is 1. The molecule has 4 nitrogen and oxygen atoms in total. The summed E-state index contributed by atoms with van der Waals surface area (Å²) >= 11 is 3.32. The highest BCUT2D eigenvalue weighted by molar-refractivity contribution is 9.10. The lowest BCUT2D eigenvalue weighted by Crippen LogP contribution is -2.38. The van der Waals surface area contributed by atoms with E-state index in [0.29, 0.717) is 18.4 Å². The number of hydrogen-bond acceptors (Lipinski definition) is 3. The number of rotatable bonds is 2. The summed E-state index contributed by atoms with van der Waals surface area (Å²) in [6, 6.07) is 4.25. The summed E-state index contributed by atoms with van der Waals surface area (Å²) in [7, 11) is 0. The van der Waals surface area contributed by atoms with Gasteiger partial charge in [0.2, 0.25) is 5.91 Å². The Kier molecular flexibility index (Phi) is 3.43. The number of amides is 1. The second-order valence-corrected chi connectivity index (χ2v) is 6.01. The van der Waals surface area contributed by atoms with Gasteiger partial charge in [0.1, 0.15) is 5.76 Å². The fourth-order valence-electron chi connectivity index (χ4n) is 3.01. The number of nitrogens with zero attached hydrogens (tertiary/aromatic N) is 1. The van der Waals surface area contributed by atoms with Gasteiger partial charge in [0, 0.05) is 25.6 Å². The van der Waals surface area contributed by atoms with Crippen molar-refractivity contribution in [3.05, 3.63) is 22.6 Å². The predicted molar refractivity (Wildman–Crippen MR) is 71.0 cm³/mol. The molecular weight excluding hydrogens is 296 g/mol. The van der Waals surface area contributed by atoms with Crippen LogP contribution in [0, 0.1) is 5.92 Å². The third-order valence-electron chi connectivity index (χ3n) is 3.85. The first-order valence-corrected chi connectivity index (χ1v) is 7.26. The number of carbonyl (C=O) groups excluding carboxylic acids is 1. The highest BCUT2D eigenvalue weighted by atomic mass is 79.9. The number of hydrogen-bond donors (Lipinski definition) is 1. The number of likely N-dealkylation sites (tertiary alicyclic amines) is 1. The predicted octanol–water partition coefficient (Wildman–Crippen LogP) is 2.14. The summed E-state index contributed by atoms with van der Waals surface area (Å²) in [5, 5.41) is 3.14. The number of halogens is 1. The van der Waals surface area contributed by atoms with Crippen molar-refractivity contribution < 1.29 is 9.21 Å². The van der Waals surface area contributed by atoms with Gasteiger partial charge < -0.3 is 9.73 Å². The van der Waals surface area contributed by atoms with Crippen LogP contribution in [0.5, 0.6) is 0 Å². The highest BCUT2D eigenvalue weighted by Crippen LogP contribution is 2.27. The second kappa shape index (κ2) is 5.05. The normalized spacial score (nSPS) is 28.8. The summed E-state index contributed by atoms with van der Waals surface area (Å²) < 4.78 is 6.31. The zero-order chi connectivity index (χ0) is 12.5. The van der Waals surface area contributed by atoms with Crippen molar-refractivity contribution in [1.82, 2.24) is 10.2 Å². The fraction of sp³-hybridized carbons (Fsp3) is 0.615. The Morgan fingerprint density at radius 2 is 2.33 bits per heavy atom. The van der Waals surface area contributed by atoms with E-state index in [9.17, 15) is 4.79 Å². The minimum atomic E-state index is 0.213. The van der Waals surface area contributed by atoms with Gasteiger partial charge in [0.15, 0.2) is 4.67 Å². The minimum Gasteiger partial charge on any atom is -0.453 e. The maximum absolute atomic E-state index is 11.5. The Morgan fingerprint density at radius 1 is 1.44 bits per heavy atom. The van der Waals surface area contributed by atoms with Crippen LogP contribution in [0.15, 0.2) is 21.2 Å². The number of carbonyl (C=O) groups is 1. The van der Waals surface area contributed by atoms with E-state index in [1.54, 1.807) is 0 Å². The van der Waals surface area contributed by atoms with Gasteiger partial charge in [-0.05, 0) is 46.8 Å². The van der Waals surface area contributed by atoms with Crippen LogP contribution in [0.2, 0.25) is 0 Å². The van der Waals surface area contributed by atoms with E-state index in [4.69, 9.17) is 4.42 Å². The lowest BCUT2D eigenvalue weighted by atomic mass is 9.99. The molecule has 2 atom stereocenters. The molecule has 1 amide bonds. The molecule has 1 N–H and O–H groups in total.